The molecule has 2 aromatic heterocycles. The number of amides is 1. The highest BCUT2D eigenvalue weighted by molar-refractivity contribution is 8.08. The molecule has 1 saturated carbocycles. The van der Waals surface area contributed by atoms with Gasteiger partial charge in [-0.1, -0.05) is 26.0 Å². The van der Waals surface area contributed by atoms with Gasteiger partial charge < -0.3 is 14.8 Å². The molecule has 1 unspecified atom stereocenters. The molecule has 166 valence electrons. The number of imidazole rings is 1. The van der Waals surface area contributed by atoms with E-state index < -0.39 is 0 Å². The van der Waals surface area contributed by atoms with E-state index >= 15 is 0 Å². The number of carbonyl (C=O) groups is 1. The van der Waals surface area contributed by atoms with Gasteiger partial charge in [0, 0.05) is 42.4 Å². The molecular formula is C25H29N5OS. The van der Waals surface area contributed by atoms with E-state index in [4.69, 9.17) is 4.98 Å². The summed E-state index contributed by atoms with van der Waals surface area (Å²) in [6.07, 6.45) is 6.98. The minimum absolute atomic E-state index is 0.0411. The van der Waals surface area contributed by atoms with Gasteiger partial charge in [-0.25, -0.2) is 9.97 Å². The molecular weight excluding hydrogens is 418 g/mol. The number of carbonyl (C=O) groups excluding carboxylic acids is 1. The average Bonchev–Trinajstić information content (AvgIpc) is 3.47. The van der Waals surface area contributed by atoms with E-state index in [1.165, 1.54) is 16.0 Å². The van der Waals surface area contributed by atoms with Crippen LogP contribution in [0.25, 0.3) is 15.9 Å². The van der Waals surface area contributed by atoms with Crippen LogP contribution < -0.4 is 10.2 Å². The molecule has 1 aliphatic heterocycles. The lowest BCUT2D eigenvalue weighted by molar-refractivity contribution is -0.117. The van der Waals surface area contributed by atoms with Crippen molar-refractivity contribution in [3.63, 3.8) is 0 Å². The van der Waals surface area contributed by atoms with Gasteiger partial charge in [-0.3, -0.25) is 4.79 Å². The van der Waals surface area contributed by atoms with Crippen LogP contribution in [0.2, 0.25) is 0 Å². The first-order valence-electron chi connectivity index (χ1n) is 11.3. The van der Waals surface area contributed by atoms with Crippen molar-refractivity contribution >= 4 is 50.9 Å². The summed E-state index contributed by atoms with van der Waals surface area (Å²) in [7, 11) is 4.00. The first-order valence-corrected chi connectivity index (χ1v) is 12.3. The highest BCUT2D eigenvalue weighted by atomic mass is 32.2. The van der Waals surface area contributed by atoms with Gasteiger partial charge in [-0.2, -0.15) is 0 Å². The summed E-state index contributed by atoms with van der Waals surface area (Å²) in [4.78, 5) is 25.3. The molecule has 1 aliphatic carbocycles. The largest absolute Gasteiger partial charge is 0.334 e. The molecule has 3 aromatic rings. The molecule has 32 heavy (non-hydrogen) atoms. The summed E-state index contributed by atoms with van der Waals surface area (Å²) < 4.78 is 1.97. The molecule has 1 fully saturated rings. The van der Waals surface area contributed by atoms with Gasteiger partial charge in [0.1, 0.15) is 11.3 Å². The molecule has 1 amide bonds. The maximum absolute atomic E-state index is 12.5. The first kappa shape index (κ1) is 21.1. The number of nitrogens with one attached hydrogen (secondary N) is 1. The SMILES string of the molecule is CCc1cc(C2=CC(C)CS2)ccc1N(C)c1cc2c(ncn2C)c(NC(=O)C2CC2)n1. The number of fused-ring (bicyclic) bond motifs is 1. The Hall–Kier alpha value is -2.80. The number of hydrogen-bond acceptors (Lipinski definition) is 5. The van der Waals surface area contributed by atoms with Crippen molar-refractivity contribution in [2.24, 2.45) is 18.9 Å². The minimum atomic E-state index is 0.0411. The Bertz CT molecular complexity index is 1230. The lowest BCUT2D eigenvalue weighted by atomic mass is 10.0. The molecule has 5 rings (SSSR count). The molecule has 0 spiro atoms. The number of benzene rings is 1. The summed E-state index contributed by atoms with van der Waals surface area (Å²) >= 11 is 1.94. The fraction of sp³-hybridized carbons (Fsp3) is 0.400. The van der Waals surface area contributed by atoms with Crippen molar-refractivity contribution in [3.8, 4) is 0 Å². The van der Waals surface area contributed by atoms with Gasteiger partial charge in [-0.15, -0.1) is 11.8 Å². The Kier molecular flexibility index (Phi) is 5.45. The predicted octanol–water partition coefficient (Wildman–Crippen LogP) is 5.37. The van der Waals surface area contributed by atoms with Crippen LogP contribution in [-0.4, -0.2) is 33.2 Å². The third kappa shape index (κ3) is 3.90. The van der Waals surface area contributed by atoms with E-state index in [1.54, 1.807) is 6.33 Å². The second-order valence-electron chi connectivity index (χ2n) is 8.89. The number of allylic oxidation sites excluding steroid dienone is 1. The summed E-state index contributed by atoms with van der Waals surface area (Å²) in [6.45, 7) is 4.46. The zero-order valence-electron chi connectivity index (χ0n) is 19.1. The monoisotopic (exact) mass is 447 g/mol. The average molecular weight is 448 g/mol. The lowest BCUT2D eigenvalue weighted by Crippen LogP contribution is -2.18. The molecule has 0 saturated heterocycles. The van der Waals surface area contributed by atoms with Crippen molar-refractivity contribution in [2.45, 2.75) is 33.1 Å². The standard InChI is InChI=1S/C25H29N5OS/c1-5-16-11-18(21-10-15(2)13-32-21)8-9-19(16)30(4)22-12-20-23(26-14-29(20)3)24(27-22)28-25(31)17-6-7-17/h8-12,14-15,17H,5-7,13H2,1-4H3,(H,27,28,31). The summed E-state index contributed by atoms with van der Waals surface area (Å²) in [5, 5.41) is 3.02. The number of aromatic nitrogens is 3. The number of thioether (sulfide) groups is 1. The first-order chi connectivity index (χ1) is 15.4. The Balaban J connectivity index is 1.52. The number of rotatable bonds is 6. The van der Waals surface area contributed by atoms with E-state index in [9.17, 15) is 4.79 Å². The van der Waals surface area contributed by atoms with Crippen LogP contribution in [0.4, 0.5) is 17.3 Å². The number of pyridine rings is 1. The van der Waals surface area contributed by atoms with Gasteiger partial charge in [0.15, 0.2) is 5.82 Å². The Morgan fingerprint density at radius 2 is 2.12 bits per heavy atom. The Morgan fingerprint density at radius 3 is 2.81 bits per heavy atom. The van der Waals surface area contributed by atoms with Crippen molar-refractivity contribution in [1.82, 2.24) is 14.5 Å². The number of nitrogens with zero attached hydrogens (tertiary/aromatic N) is 4. The highest BCUT2D eigenvalue weighted by Crippen LogP contribution is 2.39. The molecule has 3 heterocycles. The minimum Gasteiger partial charge on any atom is -0.334 e. The Labute approximate surface area is 193 Å². The van der Waals surface area contributed by atoms with E-state index in [-0.39, 0.29) is 11.8 Å². The fourth-order valence-electron chi connectivity index (χ4n) is 4.17. The van der Waals surface area contributed by atoms with E-state index in [0.717, 1.165) is 47.6 Å². The summed E-state index contributed by atoms with van der Waals surface area (Å²) in [5.74, 6) is 3.26. The van der Waals surface area contributed by atoms with Crippen LogP contribution in [0.5, 0.6) is 0 Å². The fourth-order valence-corrected chi connectivity index (χ4v) is 5.33. The summed E-state index contributed by atoms with van der Waals surface area (Å²) in [5.41, 5.74) is 5.37. The number of aryl methyl sites for hydroxylation is 2. The van der Waals surface area contributed by atoms with Gasteiger partial charge in [0.05, 0.1) is 11.8 Å². The van der Waals surface area contributed by atoms with E-state index in [1.807, 2.05) is 36.5 Å². The maximum Gasteiger partial charge on any atom is 0.228 e. The van der Waals surface area contributed by atoms with Crippen LogP contribution in [0.1, 0.15) is 37.8 Å². The van der Waals surface area contributed by atoms with Crippen LogP contribution in [0, 0.1) is 11.8 Å². The number of anilines is 3. The lowest BCUT2D eigenvalue weighted by Gasteiger charge is -2.23. The predicted molar refractivity (Wildman–Crippen MR) is 133 cm³/mol. The second kappa shape index (κ2) is 8.28. The van der Waals surface area contributed by atoms with Crippen molar-refractivity contribution < 1.29 is 4.79 Å². The molecule has 2 aliphatic rings. The van der Waals surface area contributed by atoms with Crippen LogP contribution in [0.15, 0.2) is 36.7 Å². The number of hydrogen-bond donors (Lipinski definition) is 1. The topological polar surface area (TPSA) is 63.1 Å². The van der Waals surface area contributed by atoms with Gasteiger partial charge in [0.25, 0.3) is 0 Å². The summed E-state index contributed by atoms with van der Waals surface area (Å²) in [6, 6.07) is 8.75. The molecule has 0 radical (unpaired) electrons. The van der Waals surface area contributed by atoms with Crippen molar-refractivity contribution in [3.05, 3.63) is 47.8 Å². The second-order valence-corrected chi connectivity index (χ2v) is 9.95. The maximum atomic E-state index is 12.5. The zero-order chi connectivity index (χ0) is 22.4. The van der Waals surface area contributed by atoms with Gasteiger partial charge >= 0.3 is 0 Å². The molecule has 6 nitrogen and oxygen atoms in total. The van der Waals surface area contributed by atoms with Crippen molar-refractivity contribution in [2.75, 3.05) is 23.0 Å². The normalized spacial score (nSPS) is 18.1. The van der Waals surface area contributed by atoms with Crippen molar-refractivity contribution in [1.29, 1.82) is 0 Å². The van der Waals surface area contributed by atoms with Gasteiger partial charge in [0.2, 0.25) is 5.91 Å². The third-order valence-electron chi connectivity index (χ3n) is 6.28. The molecule has 1 N–H and O–H groups in total. The molecule has 0 bridgehead atoms. The molecule has 1 atom stereocenters. The highest BCUT2D eigenvalue weighted by Gasteiger charge is 2.30. The molecule has 7 heteroatoms. The van der Waals surface area contributed by atoms with Crippen LogP contribution in [0.3, 0.4) is 0 Å². The van der Waals surface area contributed by atoms with Gasteiger partial charge in [-0.05, 0) is 48.4 Å². The van der Waals surface area contributed by atoms with Crippen LogP contribution >= 0.6 is 11.8 Å². The van der Waals surface area contributed by atoms with E-state index in [0.29, 0.717) is 11.7 Å². The zero-order valence-corrected chi connectivity index (χ0v) is 19.9. The third-order valence-corrected chi connectivity index (χ3v) is 7.65. The van der Waals surface area contributed by atoms with E-state index in [2.05, 4.69) is 53.3 Å². The molecule has 1 aromatic carbocycles. The smallest absolute Gasteiger partial charge is 0.228 e. The Morgan fingerprint density at radius 1 is 1.31 bits per heavy atom. The van der Waals surface area contributed by atoms with Crippen LogP contribution in [-0.2, 0) is 18.3 Å². The quantitative estimate of drug-likeness (QED) is 0.550.